The molecule has 0 bridgehead atoms. The summed E-state index contributed by atoms with van der Waals surface area (Å²) in [6, 6.07) is 33.3. The molecule has 4 aliphatic rings. The van der Waals surface area contributed by atoms with Crippen LogP contribution in [0.1, 0.15) is 151 Å². The zero-order valence-corrected chi connectivity index (χ0v) is 60.1. The molecule has 3 fully saturated rings. The number of carboxylic acid groups (broad SMARTS) is 1. The summed E-state index contributed by atoms with van der Waals surface area (Å²) in [5, 5.41) is 43.4. The van der Waals surface area contributed by atoms with Crippen LogP contribution in [0.25, 0.3) is 20.9 Å². The van der Waals surface area contributed by atoms with Gasteiger partial charge in [0.25, 0.3) is 11.8 Å². The maximum absolute atomic E-state index is 13.8. The topological polar surface area (TPSA) is 268 Å². The average molecular weight is 1380 g/mol. The number of aromatic nitrogens is 2. The Morgan fingerprint density at radius 2 is 1.18 bits per heavy atom. The standard InChI is InChI=1S/C33H41N3O4S.C26H28N2O3S.C19H24N2O5/c1-21-8-6-7-9-24(21)15-17-29(39)35-31(33(3,4)5)32(40)36-19-26(37)18-27(36)28(38)16-12-23-10-13-25(14-11-23)30-22(2)34-20-41-30;1-16-4-10-22(17(2)12-16)26(31)28-14-21(29)13-23(28)24(30)11-7-19-5-8-20(9-6-19)25-18(3)27-15-32-25;1-11(2)15(20-9-12-6-4-5-7-13(12)16(20)22)17(23)21-10-19(3,26)8-14(21)18(24)25/h6-11,13-14,20,26-27,31,37H,12,15-19H2,1-5H3,(H,35,39);4-6,8-10,12,15,21,23,29H,7,11,13-14H2,1-3H3;4-7,11,14-15,26H,8-10H2,1-3H3,(H,24,25)/t26-,27+,31-;21-,23+;14-,15-,19+/m110/s1. The monoisotopic (exact) mass is 1380 g/mol. The number of nitrogens with zero attached hydrogens (tertiary/aromatic N) is 6. The van der Waals surface area contributed by atoms with Crippen molar-refractivity contribution in [3.05, 3.63) is 188 Å². The molecule has 4 aliphatic heterocycles. The Labute approximate surface area is 588 Å². The summed E-state index contributed by atoms with van der Waals surface area (Å²) in [5.41, 5.74) is 14.5. The minimum atomic E-state index is -1.25. The van der Waals surface area contributed by atoms with Crippen LogP contribution in [0.5, 0.6) is 0 Å². The van der Waals surface area contributed by atoms with Crippen LogP contribution in [0.15, 0.2) is 126 Å². The first-order valence-electron chi connectivity index (χ1n) is 34.0. The van der Waals surface area contributed by atoms with Gasteiger partial charge in [0, 0.05) is 69.3 Å². The van der Waals surface area contributed by atoms with Gasteiger partial charge in [0.05, 0.1) is 68.6 Å². The number of aliphatic hydroxyl groups is 3. The molecular formula is C78H93N7O12S2. The molecule has 8 atom stereocenters. The number of Topliss-reactive ketones (excluding diaryl/α,β-unsaturated/α-hetero) is 2. The molecule has 7 aromatic rings. The van der Waals surface area contributed by atoms with Crippen molar-refractivity contribution < 1.29 is 58.8 Å². The molecule has 3 saturated heterocycles. The molecule has 0 saturated carbocycles. The molecule has 2 aromatic heterocycles. The fraction of sp³-hybridized carbons (Fsp3) is 0.436. The Morgan fingerprint density at radius 1 is 0.646 bits per heavy atom. The van der Waals surface area contributed by atoms with Gasteiger partial charge in [0.15, 0.2) is 11.6 Å². The minimum Gasteiger partial charge on any atom is -0.480 e. The molecule has 0 radical (unpaired) electrons. The SMILES string of the molecule is CC(C)[C@@H](C(=O)N1C[C@](C)(O)C[C@H]1C(=O)O)N1Cc2ccccc2C1=O.Cc1ccc(C(=O)N2C[C@H](O)C[C@H]2C(=O)CCc2ccc(-c3scnc3C)cc2)c(C)c1.Cc1ccccc1CCC(=O)N[C@H](C(=O)N1C[C@H](O)C[C@H]1C(=O)CCc1ccc(-c2scnc2C)cc1)C(C)(C)C. The predicted octanol–water partition coefficient (Wildman–Crippen LogP) is 10.7. The van der Waals surface area contributed by atoms with Gasteiger partial charge in [0.1, 0.15) is 18.1 Å². The number of β-amino-alcohol motifs (C(OH)–C–C–N with tert-alkyl or cyclic N) is 3. The fourth-order valence-electron chi connectivity index (χ4n) is 13.7. The number of nitrogens with one attached hydrogen (secondary N) is 1. The summed E-state index contributed by atoms with van der Waals surface area (Å²) in [4.78, 5) is 121. The van der Waals surface area contributed by atoms with Crippen molar-refractivity contribution in [2.45, 2.75) is 189 Å². The highest BCUT2D eigenvalue weighted by Crippen LogP contribution is 2.35. The molecule has 0 unspecified atom stereocenters. The van der Waals surface area contributed by atoms with Crippen molar-refractivity contribution in [2.75, 3.05) is 19.6 Å². The van der Waals surface area contributed by atoms with Crippen LogP contribution in [0.2, 0.25) is 0 Å². The van der Waals surface area contributed by atoms with Gasteiger partial charge in [-0.1, -0.05) is 143 Å². The van der Waals surface area contributed by atoms with Crippen LogP contribution in [-0.4, -0.2) is 165 Å². The Hall–Kier alpha value is -8.60. The Balaban J connectivity index is 0.000000178. The van der Waals surface area contributed by atoms with Crippen molar-refractivity contribution in [1.82, 2.24) is 34.9 Å². The van der Waals surface area contributed by atoms with Crippen molar-refractivity contribution in [1.29, 1.82) is 0 Å². The van der Waals surface area contributed by atoms with Gasteiger partial charge in [-0.05, 0) is 129 Å². The lowest BCUT2D eigenvalue weighted by Crippen LogP contribution is -2.56. The first kappa shape index (κ1) is 74.6. The van der Waals surface area contributed by atoms with Gasteiger partial charge >= 0.3 is 5.97 Å². The number of carboxylic acids is 1. The van der Waals surface area contributed by atoms with E-state index in [2.05, 4.69) is 27.4 Å². The van der Waals surface area contributed by atoms with Crippen molar-refractivity contribution in [2.24, 2.45) is 11.3 Å². The van der Waals surface area contributed by atoms with E-state index < -0.39 is 65.3 Å². The molecular weight excluding hydrogens is 1290 g/mol. The second-order valence-corrected chi connectivity index (χ2v) is 30.2. The van der Waals surface area contributed by atoms with Gasteiger partial charge in [-0.15, -0.1) is 22.7 Å². The van der Waals surface area contributed by atoms with E-state index in [-0.39, 0.29) is 86.4 Å². The van der Waals surface area contributed by atoms with Crippen molar-refractivity contribution in [3.63, 3.8) is 0 Å². The number of aryl methyl sites for hydroxylation is 8. The highest BCUT2D eigenvalue weighted by atomic mass is 32.1. The number of aliphatic carboxylic acids is 1. The van der Waals surface area contributed by atoms with Gasteiger partial charge < -0.3 is 45.3 Å². The van der Waals surface area contributed by atoms with Crippen LogP contribution in [0, 0.1) is 46.0 Å². The number of thiazole rings is 2. The third-order valence-electron chi connectivity index (χ3n) is 19.2. The number of hydrogen-bond acceptors (Lipinski definition) is 15. The minimum absolute atomic E-state index is 0.00189. The zero-order chi connectivity index (χ0) is 71.8. The Bertz CT molecular complexity index is 4080. The lowest BCUT2D eigenvalue weighted by atomic mass is 9.85. The molecule has 0 aliphatic carbocycles. The van der Waals surface area contributed by atoms with Gasteiger partial charge in [-0.2, -0.15) is 0 Å². The largest absolute Gasteiger partial charge is 0.480 e. The van der Waals surface area contributed by atoms with E-state index in [1.165, 1.54) is 21.6 Å². The molecule has 5 aromatic carbocycles. The number of amides is 5. The van der Waals surface area contributed by atoms with Crippen LogP contribution in [0.3, 0.4) is 0 Å². The summed E-state index contributed by atoms with van der Waals surface area (Å²) in [5.74, 6) is -2.76. The maximum Gasteiger partial charge on any atom is 0.326 e. The Morgan fingerprint density at radius 3 is 1.69 bits per heavy atom. The molecule has 21 heteroatoms. The van der Waals surface area contributed by atoms with Gasteiger partial charge in [0.2, 0.25) is 17.7 Å². The molecule has 11 rings (SSSR count). The van der Waals surface area contributed by atoms with E-state index in [1.54, 1.807) is 39.7 Å². The number of fused-ring (bicyclic) bond motifs is 1. The quantitative estimate of drug-likeness (QED) is 0.0475. The number of likely N-dealkylation sites (tertiary alicyclic amines) is 3. The lowest BCUT2D eigenvalue weighted by molar-refractivity contribution is -0.150. The summed E-state index contributed by atoms with van der Waals surface area (Å²) in [6.07, 6.45) is 1.67. The third-order valence-corrected chi connectivity index (χ3v) is 21.1. The number of hydrogen-bond donors (Lipinski definition) is 5. The Kier molecular flexibility index (Phi) is 24.2. The predicted molar refractivity (Wildman–Crippen MR) is 383 cm³/mol. The second-order valence-electron chi connectivity index (χ2n) is 28.5. The number of benzene rings is 5. The number of carbonyl (C=O) groups excluding carboxylic acids is 7. The molecule has 5 N–H and O–H groups in total. The molecule has 524 valence electrons. The zero-order valence-electron chi connectivity index (χ0n) is 58.5. The van der Waals surface area contributed by atoms with E-state index in [0.717, 1.165) is 71.2 Å². The number of rotatable bonds is 20. The maximum atomic E-state index is 13.8. The molecule has 19 nitrogen and oxygen atoms in total. The lowest BCUT2D eigenvalue weighted by Gasteiger charge is -2.35. The number of ketones is 2. The first-order chi connectivity index (χ1) is 46.9. The highest BCUT2D eigenvalue weighted by molar-refractivity contribution is 7.13. The van der Waals surface area contributed by atoms with E-state index in [4.69, 9.17) is 0 Å². The van der Waals surface area contributed by atoms with Crippen molar-refractivity contribution >= 4 is 69.7 Å². The third kappa shape index (κ3) is 18.3. The highest BCUT2D eigenvalue weighted by Gasteiger charge is 2.50. The van der Waals surface area contributed by atoms with Gasteiger partial charge in [-0.25, -0.2) is 14.8 Å². The summed E-state index contributed by atoms with van der Waals surface area (Å²) in [7, 11) is 0. The summed E-state index contributed by atoms with van der Waals surface area (Å²) >= 11 is 3.22. The second kappa shape index (κ2) is 32.2. The van der Waals surface area contributed by atoms with Crippen molar-refractivity contribution in [3.8, 4) is 20.9 Å². The smallest absolute Gasteiger partial charge is 0.326 e. The van der Waals surface area contributed by atoms with Crippen LogP contribution in [-0.2, 0) is 54.6 Å². The number of carbonyl (C=O) groups is 8. The molecule has 6 heterocycles. The number of aliphatic hydroxyl groups excluding tert-OH is 2. The van der Waals surface area contributed by atoms with Crippen LogP contribution >= 0.6 is 22.7 Å². The normalized spacial score (nSPS) is 20.2. The molecule has 0 spiro atoms. The van der Waals surface area contributed by atoms with E-state index >= 15 is 0 Å². The van der Waals surface area contributed by atoms with E-state index in [9.17, 15) is 58.8 Å². The summed E-state index contributed by atoms with van der Waals surface area (Å²) < 4.78 is 0. The molecule has 99 heavy (non-hydrogen) atoms. The average Bonchev–Trinajstić information content (AvgIpc) is 1.64. The van der Waals surface area contributed by atoms with E-state index in [1.807, 2.05) is 171 Å². The van der Waals surface area contributed by atoms with Crippen LogP contribution < -0.4 is 5.32 Å². The van der Waals surface area contributed by atoms with E-state index in [0.29, 0.717) is 49.8 Å². The van der Waals surface area contributed by atoms with Crippen LogP contribution in [0.4, 0.5) is 0 Å². The molecule has 5 amide bonds. The van der Waals surface area contributed by atoms with Gasteiger partial charge in [-0.3, -0.25) is 33.6 Å². The summed E-state index contributed by atoms with van der Waals surface area (Å²) in [6.45, 7) is 21.4. The first-order valence-corrected chi connectivity index (χ1v) is 35.7. The fourth-order valence-corrected chi connectivity index (χ4v) is 15.4.